The number of β-amino-alcohol motifs (C(OH)–C–C–N with tert-alkyl or cyclic N) is 1. The summed E-state index contributed by atoms with van der Waals surface area (Å²) < 4.78 is 26.0. The second-order valence-corrected chi connectivity index (χ2v) is 7.26. The van der Waals surface area contributed by atoms with Crippen molar-refractivity contribution >= 4 is 15.7 Å². The number of hydrogen-bond acceptors (Lipinski definition) is 4. The van der Waals surface area contributed by atoms with Crippen LogP contribution in [0.3, 0.4) is 0 Å². The quantitative estimate of drug-likeness (QED) is 0.811. The summed E-state index contributed by atoms with van der Waals surface area (Å²) in [5.41, 5.74) is 6.06. The Hall–Kier alpha value is -1.11. The van der Waals surface area contributed by atoms with Gasteiger partial charge in [-0.15, -0.1) is 0 Å². The SMILES string of the molecule is CCCC1(O)CN(S(=O)(=O)c2cc(C)cc(N)c2)C1. The van der Waals surface area contributed by atoms with E-state index in [4.69, 9.17) is 5.73 Å². The molecule has 0 unspecified atom stereocenters. The molecule has 3 N–H and O–H groups in total. The normalized spacial score (nSPS) is 19.1. The zero-order valence-corrected chi connectivity index (χ0v) is 12.1. The molecule has 0 saturated carbocycles. The number of benzene rings is 1. The number of nitrogen functional groups attached to an aromatic ring is 1. The van der Waals surface area contributed by atoms with Crippen molar-refractivity contribution in [1.82, 2.24) is 4.31 Å². The number of nitrogens with two attached hydrogens (primary N) is 1. The Kier molecular flexibility index (Phi) is 3.59. The van der Waals surface area contributed by atoms with Crippen molar-refractivity contribution in [1.29, 1.82) is 0 Å². The molecular formula is C13H20N2O3S. The van der Waals surface area contributed by atoms with Crippen molar-refractivity contribution in [2.45, 2.75) is 37.2 Å². The molecule has 19 heavy (non-hydrogen) atoms. The van der Waals surface area contributed by atoms with Crippen molar-refractivity contribution in [3.8, 4) is 0 Å². The number of aliphatic hydroxyl groups is 1. The number of hydrogen-bond donors (Lipinski definition) is 2. The van der Waals surface area contributed by atoms with E-state index in [2.05, 4.69) is 0 Å². The molecule has 0 bridgehead atoms. The predicted octanol–water partition coefficient (Wildman–Crippen LogP) is 1.11. The van der Waals surface area contributed by atoms with Gasteiger partial charge in [0.1, 0.15) is 0 Å². The summed E-state index contributed by atoms with van der Waals surface area (Å²) in [7, 11) is -3.54. The fourth-order valence-electron chi connectivity index (χ4n) is 2.48. The van der Waals surface area contributed by atoms with Crippen LogP contribution in [0.4, 0.5) is 5.69 Å². The minimum Gasteiger partial charge on any atom is -0.399 e. The fourth-order valence-corrected chi connectivity index (χ4v) is 4.22. The Morgan fingerprint density at radius 2 is 2.00 bits per heavy atom. The number of aryl methyl sites for hydroxylation is 1. The second kappa shape index (κ2) is 4.77. The first-order chi connectivity index (χ1) is 8.77. The van der Waals surface area contributed by atoms with E-state index in [-0.39, 0.29) is 18.0 Å². The molecule has 2 rings (SSSR count). The molecule has 1 heterocycles. The molecule has 0 atom stereocenters. The summed E-state index contributed by atoms with van der Waals surface area (Å²) in [6.45, 7) is 4.10. The van der Waals surface area contributed by atoms with Gasteiger partial charge >= 0.3 is 0 Å². The Balaban J connectivity index is 2.21. The van der Waals surface area contributed by atoms with Gasteiger partial charge in [-0.2, -0.15) is 4.31 Å². The lowest BCUT2D eigenvalue weighted by molar-refractivity contribution is -0.0653. The summed E-state index contributed by atoms with van der Waals surface area (Å²) >= 11 is 0. The molecule has 5 nitrogen and oxygen atoms in total. The Morgan fingerprint density at radius 1 is 1.37 bits per heavy atom. The monoisotopic (exact) mass is 284 g/mol. The standard InChI is InChI=1S/C13H20N2O3S/c1-3-4-13(16)8-15(9-13)19(17,18)12-6-10(2)5-11(14)7-12/h5-7,16H,3-4,8-9,14H2,1-2H3. The fraction of sp³-hybridized carbons (Fsp3) is 0.538. The van der Waals surface area contributed by atoms with Crippen LogP contribution in [-0.4, -0.2) is 36.5 Å². The summed E-state index contributed by atoms with van der Waals surface area (Å²) in [6.07, 6.45) is 1.46. The van der Waals surface area contributed by atoms with Gasteiger partial charge in [-0.25, -0.2) is 8.42 Å². The molecule has 1 aromatic rings. The highest BCUT2D eigenvalue weighted by atomic mass is 32.2. The van der Waals surface area contributed by atoms with Gasteiger partial charge in [0.05, 0.1) is 10.5 Å². The van der Waals surface area contributed by atoms with Crippen LogP contribution in [0.2, 0.25) is 0 Å². The molecule has 1 aliphatic heterocycles. The van der Waals surface area contributed by atoms with E-state index in [1.54, 1.807) is 19.1 Å². The Bertz CT molecular complexity index is 557. The average Bonchev–Trinajstić information content (AvgIpc) is 2.24. The van der Waals surface area contributed by atoms with E-state index < -0.39 is 15.6 Å². The highest BCUT2D eigenvalue weighted by Gasteiger charge is 2.46. The smallest absolute Gasteiger partial charge is 0.243 e. The van der Waals surface area contributed by atoms with Crippen molar-refractivity contribution in [3.63, 3.8) is 0 Å². The molecule has 106 valence electrons. The first kappa shape index (κ1) is 14.3. The van der Waals surface area contributed by atoms with Crippen LogP contribution >= 0.6 is 0 Å². The van der Waals surface area contributed by atoms with Crippen LogP contribution in [0, 0.1) is 6.92 Å². The van der Waals surface area contributed by atoms with Gasteiger partial charge in [0.15, 0.2) is 0 Å². The van der Waals surface area contributed by atoms with Crippen LogP contribution < -0.4 is 5.73 Å². The highest BCUT2D eigenvalue weighted by molar-refractivity contribution is 7.89. The van der Waals surface area contributed by atoms with E-state index in [0.717, 1.165) is 12.0 Å². The topological polar surface area (TPSA) is 83.6 Å². The predicted molar refractivity (Wildman–Crippen MR) is 74.2 cm³/mol. The third kappa shape index (κ3) is 2.75. The Labute approximate surface area is 114 Å². The summed E-state index contributed by atoms with van der Waals surface area (Å²) in [6, 6.07) is 4.78. The van der Waals surface area contributed by atoms with Gasteiger partial charge in [0.25, 0.3) is 0 Å². The van der Waals surface area contributed by atoms with Crippen molar-refractivity contribution in [2.75, 3.05) is 18.8 Å². The van der Waals surface area contributed by atoms with Crippen LogP contribution in [0.25, 0.3) is 0 Å². The van der Waals surface area contributed by atoms with Crippen LogP contribution in [0.1, 0.15) is 25.3 Å². The van der Waals surface area contributed by atoms with Gasteiger partial charge in [0, 0.05) is 18.8 Å². The second-order valence-electron chi connectivity index (χ2n) is 5.33. The van der Waals surface area contributed by atoms with Crippen LogP contribution in [-0.2, 0) is 10.0 Å². The molecule has 0 amide bonds. The number of sulfonamides is 1. The van der Waals surface area contributed by atoms with Crippen molar-refractivity contribution in [2.24, 2.45) is 0 Å². The third-order valence-electron chi connectivity index (χ3n) is 3.37. The first-order valence-corrected chi connectivity index (χ1v) is 7.80. The zero-order chi connectivity index (χ0) is 14.3. The highest BCUT2D eigenvalue weighted by Crippen LogP contribution is 2.32. The molecule has 0 spiro atoms. The van der Waals surface area contributed by atoms with Gasteiger partial charge < -0.3 is 10.8 Å². The number of anilines is 1. The molecule has 1 saturated heterocycles. The minimum atomic E-state index is -3.54. The van der Waals surface area contributed by atoms with Crippen LogP contribution in [0.5, 0.6) is 0 Å². The zero-order valence-electron chi connectivity index (χ0n) is 11.3. The molecular weight excluding hydrogens is 264 g/mol. The lowest BCUT2D eigenvalue weighted by Crippen LogP contribution is -2.63. The molecule has 1 fully saturated rings. The van der Waals surface area contributed by atoms with Crippen molar-refractivity contribution < 1.29 is 13.5 Å². The molecule has 0 aromatic heterocycles. The van der Waals surface area contributed by atoms with E-state index in [9.17, 15) is 13.5 Å². The van der Waals surface area contributed by atoms with E-state index in [1.807, 2.05) is 6.92 Å². The lowest BCUT2D eigenvalue weighted by atomic mass is 9.92. The minimum absolute atomic E-state index is 0.164. The first-order valence-electron chi connectivity index (χ1n) is 6.36. The van der Waals surface area contributed by atoms with Gasteiger partial charge in [-0.05, 0) is 37.1 Å². The van der Waals surface area contributed by atoms with Gasteiger partial charge in [-0.1, -0.05) is 13.3 Å². The molecule has 1 aliphatic rings. The van der Waals surface area contributed by atoms with E-state index in [1.165, 1.54) is 10.4 Å². The van der Waals surface area contributed by atoms with E-state index >= 15 is 0 Å². The van der Waals surface area contributed by atoms with Crippen LogP contribution in [0.15, 0.2) is 23.1 Å². The maximum absolute atomic E-state index is 12.4. The van der Waals surface area contributed by atoms with Crippen molar-refractivity contribution in [3.05, 3.63) is 23.8 Å². The maximum atomic E-state index is 12.4. The molecule has 6 heteroatoms. The molecule has 0 radical (unpaired) electrons. The molecule has 0 aliphatic carbocycles. The van der Waals surface area contributed by atoms with E-state index in [0.29, 0.717) is 12.1 Å². The largest absolute Gasteiger partial charge is 0.399 e. The summed E-state index contributed by atoms with van der Waals surface area (Å²) in [4.78, 5) is 0.198. The summed E-state index contributed by atoms with van der Waals surface area (Å²) in [5, 5.41) is 10.1. The maximum Gasteiger partial charge on any atom is 0.243 e. The average molecular weight is 284 g/mol. The third-order valence-corrected chi connectivity index (χ3v) is 5.14. The number of nitrogens with zero attached hydrogens (tertiary/aromatic N) is 1. The number of rotatable bonds is 4. The van der Waals surface area contributed by atoms with Gasteiger partial charge in [-0.3, -0.25) is 0 Å². The lowest BCUT2D eigenvalue weighted by Gasteiger charge is -2.45. The van der Waals surface area contributed by atoms with Gasteiger partial charge in [0.2, 0.25) is 10.0 Å². The summed E-state index contributed by atoms with van der Waals surface area (Å²) in [5.74, 6) is 0. The molecule has 1 aromatic carbocycles. The Morgan fingerprint density at radius 3 is 2.53 bits per heavy atom.